The Labute approximate surface area is 156 Å². The first-order valence-electron chi connectivity index (χ1n) is 6.82. The Morgan fingerprint density at radius 1 is 1.30 bits per heavy atom. The molecule has 0 radical (unpaired) electrons. The van der Waals surface area contributed by atoms with Gasteiger partial charge < -0.3 is 35.8 Å². The van der Waals surface area contributed by atoms with Crippen LogP contribution in [-0.2, 0) is 22.7 Å². The standard InChI is InChI=1S/C10H16N2O11P2S.H3N/c1-26-6-2-3-12(10(15)11-6)9-8(14)7(13)5(22-9)4-21-25(19,20)23-24(16,17)18;/h2-3,5,7-9,13-14H,4H2,1H3,(H,19,20)(H2,16,17,18);1H3/t5-,7-,8-,9-;/m1./s1. The molecule has 27 heavy (non-hydrogen) atoms. The maximum Gasteiger partial charge on any atom is 0.481 e. The zero-order chi connectivity index (χ0) is 19.7. The molecule has 1 aromatic heterocycles. The molecule has 0 amide bonds. The normalized spacial score (nSPS) is 27.8. The highest BCUT2D eigenvalue weighted by Gasteiger charge is 2.45. The summed E-state index contributed by atoms with van der Waals surface area (Å²) in [6, 6.07) is 1.48. The largest absolute Gasteiger partial charge is 0.481 e. The van der Waals surface area contributed by atoms with Crippen molar-refractivity contribution in [1.82, 2.24) is 15.7 Å². The third-order valence-electron chi connectivity index (χ3n) is 3.24. The van der Waals surface area contributed by atoms with Gasteiger partial charge in [-0.3, -0.25) is 9.09 Å². The molecule has 1 fully saturated rings. The van der Waals surface area contributed by atoms with E-state index in [-0.39, 0.29) is 6.15 Å². The van der Waals surface area contributed by atoms with E-state index >= 15 is 0 Å². The second kappa shape index (κ2) is 9.22. The number of thioether (sulfide) groups is 1. The number of hydrogen-bond donors (Lipinski definition) is 6. The highest BCUT2D eigenvalue weighted by molar-refractivity contribution is 7.98. The van der Waals surface area contributed by atoms with Gasteiger partial charge in [0.2, 0.25) is 0 Å². The van der Waals surface area contributed by atoms with Crippen molar-refractivity contribution in [3.8, 4) is 0 Å². The van der Waals surface area contributed by atoms with Gasteiger partial charge in [-0.1, -0.05) is 0 Å². The van der Waals surface area contributed by atoms with Gasteiger partial charge in [0.05, 0.1) is 6.61 Å². The molecule has 2 heterocycles. The number of phosphoric ester groups is 1. The quantitative estimate of drug-likeness (QED) is 0.165. The van der Waals surface area contributed by atoms with Crippen LogP contribution in [0.1, 0.15) is 6.23 Å². The van der Waals surface area contributed by atoms with Crippen LogP contribution in [0, 0.1) is 0 Å². The van der Waals surface area contributed by atoms with Gasteiger partial charge in [-0.25, -0.2) is 13.9 Å². The number of aliphatic hydroxyl groups excluding tert-OH is 2. The van der Waals surface area contributed by atoms with E-state index in [4.69, 9.17) is 14.5 Å². The molecule has 14 nitrogen and oxygen atoms in total. The Balaban J connectivity index is 0.00000364. The van der Waals surface area contributed by atoms with E-state index in [2.05, 4.69) is 13.8 Å². The number of hydrogen-bond acceptors (Lipinski definition) is 11. The van der Waals surface area contributed by atoms with Crippen LogP contribution in [0.15, 0.2) is 22.1 Å². The lowest BCUT2D eigenvalue weighted by Gasteiger charge is -2.18. The molecule has 0 aromatic carbocycles. The van der Waals surface area contributed by atoms with Gasteiger partial charge in [-0.15, -0.1) is 11.8 Å². The van der Waals surface area contributed by atoms with Gasteiger partial charge in [0.1, 0.15) is 23.3 Å². The summed E-state index contributed by atoms with van der Waals surface area (Å²) in [5, 5.41) is 20.4. The highest BCUT2D eigenvalue weighted by Crippen LogP contribution is 2.57. The zero-order valence-corrected chi connectivity index (χ0v) is 16.4. The Hall–Kier alpha value is -0.670. The summed E-state index contributed by atoms with van der Waals surface area (Å²) in [4.78, 5) is 41.9. The predicted octanol–water partition coefficient (Wildman–Crippen LogP) is -1.03. The second-order valence-electron chi connectivity index (χ2n) is 5.04. The molecule has 1 saturated heterocycles. The van der Waals surface area contributed by atoms with Crippen LogP contribution in [0.25, 0.3) is 0 Å². The van der Waals surface area contributed by atoms with Gasteiger partial charge in [0.25, 0.3) is 0 Å². The van der Waals surface area contributed by atoms with Gasteiger partial charge >= 0.3 is 21.3 Å². The lowest BCUT2D eigenvalue weighted by molar-refractivity contribution is -0.0543. The smallest absolute Gasteiger partial charge is 0.387 e. The van der Waals surface area contributed by atoms with Gasteiger partial charge in [-0.2, -0.15) is 9.29 Å². The molecule has 2 rings (SSSR count). The molecular weight excluding hydrogens is 432 g/mol. The molecular formula is C10H19N3O11P2S. The van der Waals surface area contributed by atoms with Crippen molar-refractivity contribution in [2.24, 2.45) is 0 Å². The minimum Gasteiger partial charge on any atom is -0.387 e. The molecule has 1 aliphatic rings. The van der Waals surface area contributed by atoms with Gasteiger partial charge in [0, 0.05) is 6.20 Å². The van der Waals surface area contributed by atoms with Crippen LogP contribution in [0.2, 0.25) is 0 Å². The number of phosphoric acid groups is 2. The molecule has 8 N–H and O–H groups in total. The van der Waals surface area contributed by atoms with Crippen LogP contribution in [0.5, 0.6) is 0 Å². The summed E-state index contributed by atoms with van der Waals surface area (Å²) in [6.45, 7) is -0.854. The van der Waals surface area contributed by atoms with Crippen LogP contribution < -0.4 is 11.8 Å². The Morgan fingerprint density at radius 2 is 1.93 bits per heavy atom. The summed E-state index contributed by atoms with van der Waals surface area (Å²) in [5.41, 5.74) is -0.757. The van der Waals surface area contributed by atoms with Crippen molar-refractivity contribution in [1.29, 1.82) is 0 Å². The van der Waals surface area contributed by atoms with Gasteiger partial charge in [-0.05, 0) is 12.3 Å². The summed E-state index contributed by atoms with van der Waals surface area (Å²) in [7, 11) is -10.4. The van der Waals surface area contributed by atoms with Crippen molar-refractivity contribution in [3.63, 3.8) is 0 Å². The maximum absolute atomic E-state index is 12.0. The summed E-state index contributed by atoms with van der Waals surface area (Å²) >= 11 is 1.22. The minimum atomic E-state index is -5.30. The molecule has 1 aromatic rings. The van der Waals surface area contributed by atoms with Gasteiger partial charge in [0.15, 0.2) is 6.23 Å². The Bertz CT molecular complexity index is 801. The van der Waals surface area contributed by atoms with Crippen molar-refractivity contribution in [2.45, 2.75) is 29.6 Å². The first-order chi connectivity index (χ1) is 11.9. The number of ether oxygens (including phenoxy) is 1. The lowest BCUT2D eigenvalue weighted by atomic mass is 10.1. The fourth-order valence-electron chi connectivity index (χ4n) is 2.13. The highest BCUT2D eigenvalue weighted by atomic mass is 32.2. The van der Waals surface area contributed by atoms with E-state index in [1.54, 1.807) is 6.26 Å². The van der Waals surface area contributed by atoms with E-state index in [0.29, 0.717) is 5.03 Å². The second-order valence-corrected chi connectivity index (χ2v) is 8.70. The van der Waals surface area contributed by atoms with E-state index in [9.17, 15) is 29.0 Å². The average Bonchev–Trinajstić information content (AvgIpc) is 2.79. The maximum atomic E-state index is 12.0. The number of aliphatic hydroxyl groups is 2. The summed E-state index contributed by atoms with van der Waals surface area (Å²) < 4.78 is 36.1. The fraction of sp³-hybridized carbons (Fsp3) is 0.600. The fourth-order valence-corrected chi connectivity index (χ4v) is 4.09. The van der Waals surface area contributed by atoms with Crippen molar-refractivity contribution >= 4 is 27.4 Å². The third kappa shape index (κ3) is 6.42. The number of rotatable bonds is 7. The minimum absolute atomic E-state index is 0. The molecule has 0 spiro atoms. The van der Waals surface area contributed by atoms with Crippen LogP contribution in [0.4, 0.5) is 0 Å². The SMILES string of the molecule is CSc1ccn([C@@H]2O[C@H](COP(=O)(O)OP(=O)(O)O)[C@@H](O)[C@H]2O)c(=O)n1.N. The number of aromatic nitrogens is 2. The van der Waals surface area contributed by atoms with Crippen molar-refractivity contribution < 1.29 is 47.6 Å². The van der Waals surface area contributed by atoms with Crippen LogP contribution >= 0.6 is 27.4 Å². The first kappa shape index (κ1) is 24.4. The summed E-state index contributed by atoms with van der Waals surface area (Å²) in [5.74, 6) is 0. The van der Waals surface area contributed by atoms with Crippen LogP contribution in [0.3, 0.4) is 0 Å². The van der Waals surface area contributed by atoms with E-state index in [0.717, 1.165) is 4.57 Å². The molecule has 17 heteroatoms. The molecule has 0 bridgehead atoms. The third-order valence-corrected chi connectivity index (χ3v) is 6.03. The van der Waals surface area contributed by atoms with E-state index < -0.39 is 52.5 Å². The van der Waals surface area contributed by atoms with Crippen molar-refractivity contribution in [3.05, 3.63) is 22.7 Å². The van der Waals surface area contributed by atoms with Crippen LogP contribution in [-0.4, -0.2) is 65.6 Å². The predicted molar refractivity (Wildman–Crippen MR) is 90.1 cm³/mol. The zero-order valence-electron chi connectivity index (χ0n) is 13.8. The monoisotopic (exact) mass is 451 g/mol. The molecule has 0 aliphatic carbocycles. The summed E-state index contributed by atoms with van der Waals surface area (Å²) in [6.07, 6.45) is -2.96. The lowest BCUT2D eigenvalue weighted by Crippen LogP contribution is -2.36. The average molecular weight is 451 g/mol. The Morgan fingerprint density at radius 3 is 2.44 bits per heavy atom. The topological polar surface area (TPSA) is 233 Å². The number of nitrogens with zero attached hydrogens (tertiary/aromatic N) is 2. The molecule has 5 atom stereocenters. The molecule has 1 unspecified atom stereocenters. The van der Waals surface area contributed by atoms with E-state index in [1.807, 2.05) is 0 Å². The molecule has 1 aliphatic heterocycles. The Kier molecular flexibility index (Phi) is 8.32. The molecule has 0 saturated carbocycles. The first-order valence-corrected chi connectivity index (χ1v) is 11.1. The molecule has 156 valence electrons. The van der Waals surface area contributed by atoms with E-state index in [1.165, 1.54) is 24.0 Å². The van der Waals surface area contributed by atoms with Crippen molar-refractivity contribution in [2.75, 3.05) is 12.9 Å².